The molecule has 0 amide bonds. The van der Waals surface area contributed by atoms with Gasteiger partial charge < -0.3 is 4.74 Å². The molecule has 0 aromatic heterocycles. The molecule has 0 radical (unpaired) electrons. The van der Waals surface area contributed by atoms with Crippen LogP contribution in [0.3, 0.4) is 0 Å². The SMILES string of the molecule is CC1CCN(CCc2ccc3c(c2)CCO3)C1CBr. The number of halogens is 1. The fraction of sp³-hybridized carbons (Fsp3) is 0.625. The molecule has 3 rings (SSSR count). The molecule has 1 aromatic carbocycles. The zero-order valence-electron chi connectivity index (χ0n) is 11.6. The van der Waals surface area contributed by atoms with E-state index in [9.17, 15) is 0 Å². The minimum absolute atomic E-state index is 0.720. The van der Waals surface area contributed by atoms with Crippen LogP contribution in [-0.2, 0) is 12.8 Å². The van der Waals surface area contributed by atoms with E-state index < -0.39 is 0 Å². The average Bonchev–Trinajstić information content (AvgIpc) is 3.01. The standard InChI is InChI=1S/C16H22BrNO/c1-12-4-7-18(15(12)11-17)8-5-13-2-3-16-14(10-13)6-9-19-16/h2-3,10,12,15H,4-9,11H2,1H3. The second-order valence-corrected chi connectivity index (χ2v) is 6.46. The van der Waals surface area contributed by atoms with Crippen LogP contribution in [0, 0.1) is 5.92 Å². The lowest BCUT2D eigenvalue weighted by atomic mass is 10.0. The highest BCUT2D eigenvalue weighted by molar-refractivity contribution is 9.09. The Morgan fingerprint density at radius 1 is 1.42 bits per heavy atom. The molecule has 3 heteroatoms. The van der Waals surface area contributed by atoms with E-state index in [1.54, 1.807) is 0 Å². The molecule has 2 heterocycles. The van der Waals surface area contributed by atoms with Crippen molar-refractivity contribution in [2.24, 2.45) is 5.92 Å². The maximum atomic E-state index is 5.56. The van der Waals surface area contributed by atoms with Gasteiger partial charge in [-0.1, -0.05) is 35.0 Å². The highest BCUT2D eigenvalue weighted by atomic mass is 79.9. The Balaban J connectivity index is 1.60. The van der Waals surface area contributed by atoms with Gasteiger partial charge in [-0.3, -0.25) is 4.90 Å². The van der Waals surface area contributed by atoms with Gasteiger partial charge in [-0.15, -0.1) is 0 Å². The van der Waals surface area contributed by atoms with Gasteiger partial charge in [0.25, 0.3) is 0 Å². The van der Waals surface area contributed by atoms with E-state index in [1.807, 2.05) is 0 Å². The van der Waals surface area contributed by atoms with E-state index in [0.29, 0.717) is 0 Å². The largest absolute Gasteiger partial charge is 0.493 e. The van der Waals surface area contributed by atoms with Crippen molar-refractivity contribution in [3.05, 3.63) is 29.3 Å². The Bertz CT molecular complexity index is 448. The van der Waals surface area contributed by atoms with Crippen molar-refractivity contribution in [2.45, 2.75) is 32.2 Å². The third kappa shape index (κ3) is 2.82. The average molecular weight is 324 g/mol. The normalized spacial score (nSPS) is 26.4. The first-order chi connectivity index (χ1) is 9.28. The minimum Gasteiger partial charge on any atom is -0.493 e. The molecule has 19 heavy (non-hydrogen) atoms. The van der Waals surface area contributed by atoms with E-state index >= 15 is 0 Å². The number of ether oxygens (including phenoxy) is 1. The van der Waals surface area contributed by atoms with Gasteiger partial charge in [-0.25, -0.2) is 0 Å². The lowest BCUT2D eigenvalue weighted by Gasteiger charge is -2.25. The topological polar surface area (TPSA) is 12.5 Å². The van der Waals surface area contributed by atoms with Crippen LogP contribution in [0.25, 0.3) is 0 Å². The Hall–Kier alpha value is -0.540. The summed E-state index contributed by atoms with van der Waals surface area (Å²) in [5.74, 6) is 1.92. The summed E-state index contributed by atoms with van der Waals surface area (Å²) >= 11 is 3.67. The fourth-order valence-corrected chi connectivity index (χ4v) is 4.33. The first kappa shape index (κ1) is 13.4. The number of rotatable bonds is 4. The van der Waals surface area contributed by atoms with Gasteiger partial charge in [0.15, 0.2) is 0 Å². The zero-order valence-corrected chi connectivity index (χ0v) is 13.2. The van der Waals surface area contributed by atoms with Crippen LogP contribution < -0.4 is 4.74 Å². The molecular formula is C16H22BrNO. The quantitative estimate of drug-likeness (QED) is 0.788. The molecule has 1 saturated heterocycles. The van der Waals surface area contributed by atoms with E-state index in [0.717, 1.165) is 42.5 Å². The maximum absolute atomic E-state index is 5.56. The van der Waals surface area contributed by atoms with Gasteiger partial charge in [-0.05, 0) is 42.5 Å². The third-order valence-corrected chi connectivity index (χ3v) is 5.26. The van der Waals surface area contributed by atoms with Crippen molar-refractivity contribution in [3.8, 4) is 5.75 Å². The predicted molar refractivity (Wildman–Crippen MR) is 82.3 cm³/mol. The summed E-state index contributed by atoms with van der Waals surface area (Å²) in [7, 11) is 0. The summed E-state index contributed by atoms with van der Waals surface area (Å²) in [6, 6.07) is 7.43. The molecule has 2 atom stereocenters. The number of likely N-dealkylation sites (tertiary alicyclic amines) is 1. The maximum Gasteiger partial charge on any atom is 0.122 e. The molecule has 2 nitrogen and oxygen atoms in total. The minimum atomic E-state index is 0.720. The first-order valence-electron chi connectivity index (χ1n) is 7.32. The summed E-state index contributed by atoms with van der Waals surface area (Å²) in [5, 5.41) is 1.10. The smallest absolute Gasteiger partial charge is 0.122 e. The summed E-state index contributed by atoms with van der Waals surface area (Å²) in [6.07, 6.45) is 3.58. The summed E-state index contributed by atoms with van der Waals surface area (Å²) in [5.41, 5.74) is 2.85. The summed E-state index contributed by atoms with van der Waals surface area (Å²) < 4.78 is 5.56. The van der Waals surface area contributed by atoms with Crippen molar-refractivity contribution in [3.63, 3.8) is 0 Å². The molecule has 0 saturated carbocycles. The Morgan fingerprint density at radius 3 is 3.16 bits per heavy atom. The molecule has 0 N–H and O–H groups in total. The van der Waals surface area contributed by atoms with Crippen LogP contribution in [0.4, 0.5) is 0 Å². The predicted octanol–water partition coefficient (Wildman–Crippen LogP) is 3.27. The molecule has 0 aliphatic carbocycles. The van der Waals surface area contributed by atoms with E-state index in [-0.39, 0.29) is 0 Å². The second-order valence-electron chi connectivity index (χ2n) is 5.81. The number of alkyl halides is 1. The first-order valence-corrected chi connectivity index (χ1v) is 8.44. The molecule has 0 bridgehead atoms. The molecule has 2 aliphatic heterocycles. The second kappa shape index (κ2) is 5.84. The van der Waals surface area contributed by atoms with Gasteiger partial charge in [0.2, 0.25) is 0 Å². The van der Waals surface area contributed by atoms with Gasteiger partial charge in [0.05, 0.1) is 6.61 Å². The van der Waals surface area contributed by atoms with Gasteiger partial charge in [-0.2, -0.15) is 0 Å². The molecule has 1 aromatic rings. The molecule has 2 aliphatic rings. The Morgan fingerprint density at radius 2 is 2.32 bits per heavy atom. The molecule has 104 valence electrons. The van der Waals surface area contributed by atoms with Crippen LogP contribution in [0.15, 0.2) is 18.2 Å². The van der Waals surface area contributed by atoms with Gasteiger partial charge >= 0.3 is 0 Å². The molecular weight excluding hydrogens is 302 g/mol. The van der Waals surface area contributed by atoms with Crippen molar-refractivity contribution in [1.29, 1.82) is 0 Å². The van der Waals surface area contributed by atoms with Crippen LogP contribution in [0.5, 0.6) is 5.75 Å². The zero-order chi connectivity index (χ0) is 13.2. The van der Waals surface area contributed by atoms with Gasteiger partial charge in [0.1, 0.15) is 5.75 Å². The highest BCUT2D eigenvalue weighted by Gasteiger charge is 2.29. The lowest BCUT2D eigenvalue weighted by molar-refractivity contribution is 0.255. The number of hydrogen-bond acceptors (Lipinski definition) is 2. The molecule has 1 fully saturated rings. The molecule has 2 unspecified atom stereocenters. The van der Waals surface area contributed by atoms with Crippen molar-refractivity contribution in [1.82, 2.24) is 4.90 Å². The van der Waals surface area contributed by atoms with Crippen molar-refractivity contribution in [2.75, 3.05) is 25.0 Å². The van der Waals surface area contributed by atoms with E-state index in [4.69, 9.17) is 4.74 Å². The Labute approximate surface area is 124 Å². The fourth-order valence-electron chi connectivity index (χ4n) is 3.28. The van der Waals surface area contributed by atoms with E-state index in [2.05, 4.69) is 46.0 Å². The summed E-state index contributed by atoms with van der Waals surface area (Å²) in [6.45, 7) is 5.67. The Kier molecular flexibility index (Phi) is 4.13. The monoisotopic (exact) mass is 323 g/mol. The van der Waals surface area contributed by atoms with Gasteiger partial charge in [0, 0.05) is 24.3 Å². The van der Waals surface area contributed by atoms with Crippen molar-refractivity contribution < 1.29 is 4.74 Å². The third-order valence-electron chi connectivity index (χ3n) is 4.60. The van der Waals surface area contributed by atoms with Crippen LogP contribution in [0.2, 0.25) is 0 Å². The van der Waals surface area contributed by atoms with Crippen LogP contribution in [-0.4, -0.2) is 36.0 Å². The number of fused-ring (bicyclic) bond motifs is 1. The molecule has 0 spiro atoms. The van der Waals surface area contributed by atoms with Crippen LogP contribution >= 0.6 is 15.9 Å². The highest BCUT2D eigenvalue weighted by Crippen LogP contribution is 2.28. The number of benzene rings is 1. The van der Waals surface area contributed by atoms with Crippen LogP contribution in [0.1, 0.15) is 24.5 Å². The van der Waals surface area contributed by atoms with E-state index in [1.165, 1.54) is 30.6 Å². The summed E-state index contributed by atoms with van der Waals surface area (Å²) in [4.78, 5) is 2.64. The number of hydrogen-bond donors (Lipinski definition) is 0. The lowest BCUT2D eigenvalue weighted by Crippen LogP contribution is -2.35. The number of nitrogens with zero attached hydrogens (tertiary/aromatic N) is 1. The van der Waals surface area contributed by atoms with Crippen molar-refractivity contribution >= 4 is 15.9 Å².